The van der Waals surface area contributed by atoms with Crippen molar-refractivity contribution in [3.8, 4) is 11.5 Å². The molecule has 4 heteroatoms. The lowest BCUT2D eigenvalue weighted by molar-refractivity contribution is -0.136. The molecular formula is C11H12O4. The Morgan fingerprint density at radius 1 is 1.33 bits per heavy atom. The van der Waals surface area contributed by atoms with E-state index in [9.17, 15) is 4.79 Å². The third-order valence-corrected chi connectivity index (χ3v) is 2.42. The van der Waals surface area contributed by atoms with Gasteiger partial charge in [-0.3, -0.25) is 4.79 Å². The first kappa shape index (κ1) is 9.83. The lowest BCUT2D eigenvalue weighted by atomic mass is 10.0. The molecule has 0 aliphatic carbocycles. The summed E-state index contributed by atoms with van der Waals surface area (Å²) in [5, 5.41) is 8.76. The minimum Gasteiger partial charge on any atom is -0.481 e. The summed E-state index contributed by atoms with van der Waals surface area (Å²) in [7, 11) is 0. The fourth-order valence-electron chi connectivity index (χ4n) is 1.68. The Hall–Kier alpha value is -1.71. The number of benzene rings is 1. The summed E-state index contributed by atoms with van der Waals surface area (Å²) in [6, 6.07) is 3.62. The zero-order valence-electron chi connectivity index (χ0n) is 8.45. The molecular weight excluding hydrogens is 196 g/mol. The molecule has 0 spiro atoms. The van der Waals surface area contributed by atoms with Crippen LogP contribution in [0, 0.1) is 0 Å². The highest BCUT2D eigenvalue weighted by Gasteiger charge is 2.17. The van der Waals surface area contributed by atoms with Crippen molar-refractivity contribution in [2.45, 2.75) is 19.8 Å². The molecule has 1 aromatic rings. The number of rotatable bonds is 3. The highest BCUT2D eigenvalue weighted by atomic mass is 16.7. The minimum absolute atomic E-state index is 0.0276. The average molecular weight is 208 g/mol. The van der Waals surface area contributed by atoms with Gasteiger partial charge in [-0.2, -0.15) is 0 Å². The van der Waals surface area contributed by atoms with Crippen molar-refractivity contribution >= 4 is 5.97 Å². The van der Waals surface area contributed by atoms with Crippen molar-refractivity contribution < 1.29 is 19.4 Å². The molecule has 0 unspecified atom stereocenters. The third kappa shape index (κ3) is 1.88. The molecule has 4 nitrogen and oxygen atoms in total. The predicted octanol–water partition coefficient (Wildman–Crippen LogP) is 1.60. The molecule has 1 aliphatic heterocycles. The quantitative estimate of drug-likeness (QED) is 0.819. The van der Waals surface area contributed by atoms with Gasteiger partial charge in [0, 0.05) is 0 Å². The van der Waals surface area contributed by atoms with E-state index in [-0.39, 0.29) is 13.2 Å². The van der Waals surface area contributed by atoms with Gasteiger partial charge in [0.05, 0.1) is 6.42 Å². The maximum absolute atomic E-state index is 10.7. The normalized spacial score (nSPS) is 12.9. The number of ether oxygens (including phenoxy) is 2. The van der Waals surface area contributed by atoms with Crippen LogP contribution in [0.4, 0.5) is 0 Å². The fraction of sp³-hybridized carbons (Fsp3) is 0.364. The second-order valence-corrected chi connectivity index (χ2v) is 3.40. The molecule has 0 radical (unpaired) electrons. The van der Waals surface area contributed by atoms with Gasteiger partial charge in [0.25, 0.3) is 0 Å². The Morgan fingerprint density at radius 3 is 2.47 bits per heavy atom. The van der Waals surface area contributed by atoms with Crippen LogP contribution in [0.25, 0.3) is 0 Å². The van der Waals surface area contributed by atoms with Crippen LogP contribution in [0.2, 0.25) is 0 Å². The second-order valence-electron chi connectivity index (χ2n) is 3.40. The van der Waals surface area contributed by atoms with Crippen LogP contribution in [0.1, 0.15) is 18.1 Å². The number of carboxylic acid groups (broad SMARTS) is 1. The van der Waals surface area contributed by atoms with Gasteiger partial charge in [0.15, 0.2) is 11.5 Å². The molecule has 0 bridgehead atoms. The van der Waals surface area contributed by atoms with Crippen molar-refractivity contribution in [3.05, 3.63) is 23.3 Å². The Morgan fingerprint density at radius 2 is 1.93 bits per heavy atom. The van der Waals surface area contributed by atoms with E-state index in [1.165, 1.54) is 0 Å². The molecule has 0 saturated carbocycles. The maximum Gasteiger partial charge on any atom is 0.307 e. The first-order chi connectivity index (χ1) is 7.20. The summed E-state index contributed by atoms with van der Waals surface area (Å²) in [5.74, 6) is 0.521. The molecule has 15 heavy (non-hydrogen) atoms. The van der Waals surface area contributed by atoms with E-state index in [2.05, 4.69) is 0 Å². The lowest BCUT2D eigenvalue weighted by Crippen LogP contribution is -2.03. The van der Waals surface area contributed by atoms with Gasteiger partial charge in [0.1, 0.15) is 0 Å². The number of aryl methyl sites for hydroxylation is 1. The van der Waals surface area contributed by atoms with Crippen molar-refractivity contribution in [1.82, 2.24) is 0 Å². The standard InChI is InChI=1S/C11H12O4/c1-2-7-3-9-10(15-6-14-9)4-8(7)5-11(12)13/h3-4H,2,5-6H2,1H3,(H,12,13). The minimum atomic E-state index is -0.830. The highest BCUT2D eigenvalue weighted by molar-refractivity contribution is 5.71. The molecule has 1 heterocycles. The van der Waals surface area contributed by atoms with Gasteiger partial charge in [-0.05, 0) is 29.7 Å². The third-order valence-electron chi connectivity index (χ3n) is 2.42. The van der Waals surface area contributed by atoms with E-state index in [0.29, 0.717) is 11.5 Å². The monoisotopic (exact) mass is 208 g/mol. The van der Waals surface area contributed by atoms with Crippen molar-refractivity contribution in [2.75, 3.05) is 6.79 Å². The zero-order chi connectivity index (χ0) is 10.8. The Balaban J connectivity index is 2.39. The SMILES string of the molecule is CCc1cc2c(cc1CC(=O)O)OCO2. The molecule has 1 aliphatic rings. The fourth-order valence-corrected chi connectivity index (χ4v) is 1.68. The molecule has 1 N–H and O–H groups in total. The molecule has 2 rings (SSSR count). The summed E-state index contributed by atoms with van der Waals surface area (Å²) in [6.45, 7) is 2.21. The van der Waals surface area contributed by atoms with Crippen LogP contribution in [-0.4, -0.2) is 17.9 Å². The number of fused-ring (bicyclic) bond motifs is 1. The van der Waals surface area contributed by atoms with Gasteiger partial charge >= 0.3 is 5.97 Å². The number of carbonyl (C=O) groups is 1. The van der Waals surface area contributed by atoms with Gasteiger partial charge < -0.3 is 14.6 Å². The van der Waals surface area contributed by atoms with E-state index >= 15 is 0 Å². The van der Waals surface area contributed by atoms with Crippen LogP contribution in [0.5, 0.6) is 11.5 Å². The van der Waals surface area contributed by atoms with E-state index in [4.69, 9.17) is 14.6 Å². The van der Waals surface area contributed by atoms with Crippen LogP contribution < -0.4 is 9.47 Å². The summed E-state index contributed by atoms with van der Waals surface area (Å²) >= 11 is 0. The highest BCUT2D eigenvalue weighted by Crippen LogP contribution is 2.35. The molecule has 80 valence electrons. The molecule has 0 amide bonds. The van der Waals surface area contributed by atoms with E-state index in [1.54, 1.807) is 6.07 Å². The maximum atomic E-state index is 10.7. The topological polar surface area (TPSA) is 55.8 Å². The van der Waals surface area contributed by atoms with Crippen LogP contribution >= 0.6 is 0 Å². The summed E-state index contributed by atoms with van der Waals surface area (Å²) in [5.41, 5.74) is 1.80. The van der Waals surface area contributed by atoms with Crippen LogP contribution in [0.15, 0.2) is 12.1 Å². The van der Waals surface area contributed by atoms with Gasteiger partial charge in [-0.1, -0.05) is 6.92 Å². The van der Waals surface area contributed by atoms with Crippen molar-refractivity contribution in [3.63, 3.8) is 0 Å². The first-order valence-corrected chi connectivity index (χ1v) is 4.84. The largest absolute Gasteiger partial charge is 0.481 e. The summed E-state index contributed by atoms with van der Waals surface area (Å²) < 4.78 is 10.4. The molecule has 0 saturated heterocycles. The smallest absolute Gasteiger partial charge is 0.307 e. The molecule has 0 fully saturated rings. The molecule has 0 aromatic heterocycles. The predicted molar refractivity (Wildman–Crippen MR) is 53.3 cm³/mol. The second kappa shape index (κ2) is 3.81. The summed E-state index contributed by atoms with van der Waals surface area (Å²) in [4.78, 5) is 10.7. The molecule has 1 aromatic carbocycles. The van der Waals surface area contributed by atoms with Crippen molar-refractivity contribution in [1.29, 1.82) is 0 Å². The van der Waals surface area contributed by atoms with Gasteiger partial charge in [-0.25, -0.2) is 0 Å². The number of hydrogen-bond acceptors (Lipinski definition) is 3. The first-order valence-electron chi connectivity index (χ1n) is 4.84. The van der Waals surface area contributed by atoms with E-state index < -0.39 is 5.97 Å². The number of hydrogen-bond donors (Lipinski definition) is 1. The Labute approximate surface area is 87.4 Å². The zero-order valence-corrected chi connectivity index (χ0v) is 8.45. The van der Waals surface area contributed by atoms with Crippen molar-refractivity contribution in [2.24, 2.45) is 0 Å². The van der Waals surface area contributed by atoms with Gasteiger partial charge in [-0.15, -0.1) is 0 Å². The van der Waals surface area contributed by atoms with Crippen LogP contribution in [0.3, 0.4) is 0 Å². The van der Waals surface area contributed by atoms with Crippen LogP contribution in [-0.2, 0) is 17.6 Å². The van der Waals surface area contributed by atoms with E-state index in [0.717, 1.165) is 17.5 Å². The Bertz CT molecular complexity index is 398. The number of aliphatic carboxylic acids is 1. The Kier molecular flexibility index (Phi) is 2.49. The molecule has 0 atom stereocenters. The average Bonchev–Trinajstić information content (AvgIpc) is 2.62. The lowest BCUT2D eigenvalue weighted by Gasteiger charge is -2.07. The summed E-state index contributed by atoms with van der Waals surface area (Å²) in [6.07, 6.45) is 0.819. The number of carboxylic acids is 1. The van der Waals surface area contributed by atoms with E-state index in [1.807, 2.05) is 13.0 Å². The van der Waals surface area contributed by atoms with Gasteiger partial charge in [0.2, 0.25) is 6.79 Å².